The van der Waals surface area contributed by atoms with E-state index >= 15 is 0 Å². The Bertz CT molecular complexity index is 881. The van der Waals surface area contributed by atoms with Crippen LogP contribution in [0.15, 0.2) is 42.5 Å². The molecule has 0 spiro atoms. The maximum atomic E-state index is 12.0. The molecule has 0 saturated heterocycles. The zero-order valence-corrected chi connectivity index (χ0v) is 17.2. The Balaban J connectivity index is 1.79. The van der Waals surface area contributed by atoms with Crippen LogP contribution in [0.4, 0.5) is 0 Å². The molecule has 0 unspecified atom stereocenters. The second-order valence-electron chi connectivity index (χ2n) is 6.25. The number of Topliss-reactive ketones (excluding diaryl/α,β-unsaturated/α-hetero) is 1. The minimum Gasteiger partial charge on any atom is -0.496 e. The number of ketones is 1. The van der Waals surface area contributed by atoms with E-state index < -0.39 is 18.5 Å². The van der Waals surface area contributed by atoms with E-state index in [0.717, 1.165) is 0 Å². The number of carbonyl (C=O) groups excluding carboxylic acids is 3. The highest BCUT2D eigenvalue weighted by Crippen LogP contribution is 2.34. The fourth-order valence-electron chi connectivity index (χ4n) is 2.68. The van der Waals surface area contributed by atoms with Gasteiger partial charge in [-0.2, -0.15) is 0 Å². The second-order valence-corrected chi connectivity index (χ2v) is 6.25. The minimum absolute atomic E-state index is 0.0211. The van der Waals surface area contributed by atoms with Crippen molar-refractivity contribution in [2.75, 3.05) is 27.9 Å². The molecule has 0 aliphatic heterocycles. The number of rotatable bonds is 11. The van der Waals surface area contributed by atoms with Gasteiger partial charge in [0, 0.05) is 30.2 Å². The lowest BCUT2D eigenvalue weighted by molar-refractivity contribution is -0.148. The van der Waals surface area contributed by atoms with Gasteiger partial charge in [0.25, 0.3) is 5.91 Å². The fourth-order valence-corrected chi connectivity index (χ4v) is 2.68. The molecule has 0 radical (unpaired) electrons. The Morgan fingerprint density at radius 1 is 0.833 bits per heavy atom. The van der Waals surface area contributed by atoms with Gasteiger partial charge in [-0.05, 0) is 6.07 Å². The fraction of sp³-hybridized carbons (Fsp3) is 0.318. The van der Waals surface area contributed by atoms with Gasteiger partial charge in [0.2, 0.25) is 0 Å². The summed E-state index contributed by atoms with van der Waals surface area (Å²) in [6.45, 7) is -0.291. The topological polar surface area (TPSA) is 100 Å². The molecule has 0 fully saturated rings. The van der Waals surface area contributed by atoms with E-state index in [2.05, 4.69) is 5.32 Å². The molecule has 0 heterocycles. The first kappa shape index (κ1) is 22.7. The van der Waals surface area contributed by atoms with Crippen molar-refractivity contribution in [2.45, 2.75) is 19.4 Å². The second kappa shape index (κ2) is 11.5. The van der Waals surface area contributed by atoms with E-state index in [0.29, 0.717) is 28.4 Å². The number of hydrogen-bond acceptors (Lipinski definition) is 7. The molecule has 1 amide bonds. The summed E-state index contributed by atoms with van der Waals surface area (Å²) in [5.41, 5.74) is 1.20. The molecule has 0 bridgehead atoms. The van der Waals surface area contributed by atoms with E-state index in [-0.39, 0.29) is 25.2 Å². The van der Waals surface area contributed by atoms with Crippen LogP contribution in [0.2, 0.25) is 0 Å². The van der Waals surface area contributed by atoms with Crippen molar-refractivity contribution in [2.24, 2.45) is 0 Å². The van der Waals surface area contributed by atoms with Crippen molar-refractivity contribution < 1.29 is 33.3 Å². The van der Waals surface area contributed by atoms with Gasteiger partial charge in [-0.1, -0.05) is 30.3 Å². The van der Waals surface area contributed by atoms with Crippen LogP contribution in [0.25, 0.3) is 0 Å². The van der Waals surface area contributed by atoms with Crippen LogP contribution in [0.5, 0.6) is 17.2 Å². The molecule has 0 aliphatic carbocycles. The lowest BCUT2D eigenvalue weighted by atomic mass is 10.1. The molecular formula is C22H25NO7. The van der Waals surface area contributed by atoms with Crippen LogP contribution >= 0.6 is 0 Å². The van der Waals surface area contributed by atoms with Gasteiger partial charge in [-0.25, -0.2) is 0 Å². The van der Waals surface area contributed by atoms with Crippen LogP contribution in [-0.4, -0.2) is 45.6 Å². The van der Waals surface area contributed by atoms with E-state index in [9.17, 15) is 14.4 Å². The summed E-state index contributed by atoms with van der Waals surface area (Å²) in [6, 6.07) is 12.0. The highest BCUT2D eigenvalue weighted by Gasteiger charge is 2.14. The molecule has 8 heteroatoms. The average molecular weight is 415 g/mol. The first-order valence-corrected chi connectivity index (χ1v) is 9.28. The Morgan fingerprint density at radius 2 is 1.47 bits per heavy atom. The number of amides is 1. The number of nitrogens with one attached hydrogen (secondary N) is 1. The van der Waals surface area contributed by atoms with Gasteiger partial charge in [-0.15, -0.1) is 0 Å². The third-order valence-corrected chi connectivity index (χ3v) is 4.28. The Hall–Kier alpha value is -3.55. The molecule has 0 aliphatic rings. The maximum absolute atomic E-state index is 12.0. The summed E-state index contributed by atoms with van der Waals surface area (Å²) in [4.78, 5) is 35.8. The summed E-state index contributed by atoms with van der Waals surface area (Å²) in [7, 11) is 4.53. The molecule has 2 rings (SSSR count). The third-order valence-electron chi connectivity index (χ3n) is 4.28. The van der Waals surface area contributed by atoms with Crippen LogP contribution in [0, 0.1) is 0 Å². The highest BCUT2D eigenvalue weighted by atomic mass is 16.5. The predicted molar refractivity (Wildman–Crippen MR) is 109 cm³/mol. The van der Waals surface area contributed by atoms with Crippen molar-refractivity contribution in [1.29, 1.82) is 0 Å². The molecule has 2 aromatic carbocycles. The number of hydrogen-bond donors (Lipinski definition) is 1. The first-order valence-electron chi connectivity index (χ1n) is 9.28. The van der Waals surface area contributed by atoms with Crippen LogP contribution < -0.4 is 19.5 Å². The van der Waals surface area contributed by atoms with E-state index in [1.165, 1.54) is 21.3 Å². The smallest absolute Gasteiger partial charge is 0.306 e. The molecule has 1 N–H and O–H groups in total. The number of ether oxygens (including phenoxy) is 4. The number of methoxy groups -OCH3 is 3. The van der Waals surface area contributed by atoms with Gasteiger partial charge in [0.15, 0.2) is 23.9 Å². The lowest BCUT2D eigenvalue weighted by Gasteiger charge is -2.14. The summed E-state index contributed by atoms with van der Waals surface area (Å²) in [5, 5.41) is 2.65. The Labute approximate surface area is 175 Å². The summed E-state index contributed by atoms with van der Waals surface area (Å²) < 4.78 is 20.7. The van der Waals surface area contributed by atoms with Crippen molar-refractivity contribution in [3.63, 3.8) is 0 Å². The predicted octanol–water partition coefficient (Wildman–Crippen LogP) is 2.53. The summed E-state index contributed by atoms with van der Waals surface area (Å²) in [5.74, 6) is 0.273. The molecule has 30 heavy (non-hydrogen) atoms. The van der Waals surface area contributed by atoms with E-state index in [4.69, 9.17) is 18.9 Å². The molecule has 160 valence electrons. The van der Waals surface area contributed by atoms with Crippen LogP contribution in [0.1, 0.15) is 28.8 Å². The van der Waals surface area contributed by atoms with Crippen LogP contribution in [0.3, 0.4) is 0 Å². The molecule has 0 saturated carbocycles. The van der Waals surface area contributed by atoms with Crippen molar-refractivity contribution >= 4 is 17.7 Å². The van der Waals surface area contributed by atoms with Gasteiger partial charge >= 0.3 is 5.97 Å². The largest absolute Gasteiger partial charge is 0.496 e. The van der Waals surface area contributed by atoms with Crippen LogP contribution in [-0.2, 0) is 20.9 Å². The minimum atomic E-state index is -0.613. The van der Waals surface area contributed by atoms with Gasteiger partial charge < -0.3 is 24.3 Å². The third kappa shape index (κ3) is 6.51. The van der Waals surface area contributed by atoms with Gasteiger partial charge in [-0.3, -0.25) is 14.4 Å². The molecule has 0 atom stereocenters. The number of benzene rings is 2. The normalized spacial score (nSPS) is 10.1. The van der Waals surface area contributed by atoms with Gasteiger partial charge in [0.05, 0.1) is 27.8 Å². The Morgan fingerprint density at radius 3 is 2.10 bits per heavy atom. The standard InChI is InChI=1S/C22H25NO7/c1-27-18-12-20(29-3)19(28-2)11-16(18)13-23-21(25)14-30-22(26)10-9-17(24)15-7-5-4-6-8-15/h4-8,11-12H,9-10,13-14H2,1-3H3,(H,23,25). The van der Waals surface area contributed by atoms with Crippen molar-refractivity contribution in [3.05, 3.63) is 53.6 Å². The maximum Gasteiger partial charge on any atom is 0.306 e. The SMILES string of the molecule is COc1cc(OC)c(OC)cc1CNC(=O)COC(=O)CCC(=O)c1ccccc1. The van der Waals surface area contributed by atoms with Crippen molar-refractivity contribution in [1.82, 2.24) is 5.32 Å². The van der Waals surface area contributed by atoms with Crippen molar-refractivity contribution in [3.8, 4) is 17.2 Å². The Kier molecular flexibility index (Phi) is 8.68. The zero-order valence-electron chi connectivity index (χ0n) is 17.2. The van der Waals surface area contributed by atoms with Gasteiger partial charge in [0.1, 0.15) is 5.75 Å². The monoisotopic (exact) mass is 415 g/mol. The molecular weight excluding hydrogens is 390 g/mol. The lowest BCUT2D eigenvalue weighted by Crippen LogP contribution is -2.28. The summed E-state index contributed by atoms with van der Waals surface area (Å²) in [6.07, 6.45) is -0.0716. The first-order chi connectivity index (χ1) is 14.5. The average Bonchev–Trinajstić information content (AvgIpc) is 2.79. The molecule has 2 aromatic rings. The molecule has 8 nitrogen and oxygen atoms in total. The highest BCUT2D eigenvalue weighted by molar-refractivity contribution is 5.97. The quantitative estimate of drug-likeness (QED) is 0.445. The van der Waals surface area contributed by atoms with E-state index in [1.54, 1.807) is 42.5 Å². The molecule has 0 aromatic heterocycles. The van der Waals surface area contributed by atoms with E-state index in [1.807, 2.05) is 0 Å². The zero-order chi connectivity index (χ0) is 21.9. The number of esters is 1. The summed E-state index contributed by atoms with van der Waals surface area (Å²) >= 11 is 0. The number of carbonyl (C=O) groups is 3.